The lowest BCUT2D eigenvalue weighted by molar-refractivity contribution is 0.137. The van der Waals surface area contributed by atoms with E-state index in [9.17, 15) is 0 Å². The Morgan fingerprint density at radius 1 is 1.24 bits per heavy atom. The second kappa shape index (κ2) is 7.88. The van der Waals surface area contributed by atoms with Gasteiger partial charge in [-0.1, -0.05) is 20.3 Å². The summed E-state index contributed by atoms with van der Waals surface area (Å²) in [6.45, 7) is 12.2. The van der Waals surface area contributed by atoms with Crippen molar-refractivity contribution in [2.75, 3.05) is 32.7 Å². The molecule has 1 N–H and O–H groups in total. The number of thiocarbonyl (C=S) groups is 1. The molecule has 0 bridgehead atoms. The third-order valence-electron chi connectivity index (χ3n) is 3.62. The first-order valence-corrected chi connectivity index (χ1v) is 7.36. The number of rotatable bonds is 5. The molecule has 1 aliphatic heterocycles. The SMILES string of the molecule is CCCCNC(=S)N1CCN(C(C)CC)CC1. The highest BCUT2D eigenvalue weighted by molar-refractivity contribution is 7.80. The number of hydrogen-bond acceptors (Lipinski definition) is 2. The third kappa shape index (κ3) is 4.80. The lowest BCUT2D eigenvalue weighted by Crippen LogP contribution is -2.53. The summed E-state index contributed by atoms with van der Waals surface area (Å²) in [5.41, 5.74) is 0. The first-order chi connectivity index (χ1) is 8.19. The Morgan fingerprint density at radius 2 is 1.88 bits per heavy atom. The van der Waals surface area contributed by atoms with Crippen molar-refractivity contribution in [3.05, 3.63) is 0 Å². The third-order valence-corrected chi connectivity index (χ3v) is 4.02. The van der Waals surface area contributed by atoms with Crippen molar-refractivity contribution < 1.29 is 0 Å². The Kier molecular flexibility index (Phi) is 6.82. The van der Waals surface area contributed by atoms with Crippen LogP contribution in [0.5, 0.6) is 0 Å². The van der Waals surface area contributed by atoms with Crippen LogP contribution in [0.4, 0.5) is 0 Å². The summed E-state index contributed by atoms with van der Waals surface area (Å²) in [6, 6.07) is 0.707. The molecule has 0 aromatic carbocycles. The summed E-state index contributed by atoms with van der Waals surface area (Å²) in [5, 5.41) is 4.30. The van der Waals surface area contributed by atoms with Crippen molar-refractivity contribution >= 4 is 17.3 Å². The summed E-state index contributed by atoms with van der Waals surface area (Å²) in [6.07, 6.45) is 3.66. The highest BCUT2D eigenvalue weighted by Gasteiger charge is 2.21. The van der Waals surface area contributed by atoms with Crippen LogP contribution in [-0.2, 0) is 0 Å². The van der Waals surface area contributed by atoms with E-state index < -0.39 is 0 Å². The minimum absolute atomic E-state index is 0.707. The molecule has 0 spiro atoms. The molecule has 1 atom stereocenters. The summed E-state index contributed by atoms with van der Waals surface area (Å²) >= 11 is 5.42. The standard InChI is InChI=1S/C13H27N3S/c1-4-6-7-14-13(17)16-10-8-15(9-11-16)12(3)5-2/h12H,4-11H2,1-3H3,(H,14,17). The van der Waals surface area contributed by atoms with Gasteiger partial charge in [0.25, 0.3) is 0 Å². The van der Waals surface area contributed by atoms with Crippen LogP contribution in [0.3, 0.4) is 0 Å². The zero-order chi connectivity index (χ0) is 12.7. The normalized spacial score (nSPS) is 19.1. The van der Waals surface area contributed by atoms with Gasteiger partial charge in [-0.15, -0.1) is 0 Å². The lowest BCUT2D eigenvalue weighted by atomic mass is 10.2. The Morgan fingerprint density at radius 3 is 2.41 bits per heavy atom. The van der Waals surface area contributed by atoms with Gasteiger partial charge in [-0.05, 0) is 32.0 Å². The molecular weight excluding hydrogens is 230 g/mol. The number of nitrogens with zero attached hydrogens (tertiary/aromatic N) is 2. The van der Waals surface area contributed by atoms with Crippen molar-refractivity contribution in [2.24, 2.45) is 0 Å². The van der Waals surface area contributed by atoms with Gasteiger partial charge in [-0.2, -0.15) is 0 Å². The summed E-state index contributed by atoms with van der Waals surface area (Å²) in [4.78, 5) is 4.87. The van der Waals surface area contributed by atoms with Crippen LogP contribution >= 0.6 is 12.2 Å². The lowest BCUT2D eigenvalue weighted by Gasteiger charge is -2.39. The van der Waals surface area contributed by atoms with E-state index in [1.54, 1.807) is 0 Å². The van der Waals surface area contributed by atoms with E-state index in [1.165, 1.54) is 19.3 Å². The first kappa shape index (κ1) is 14.7. The molecule has 0 saturated carbocycles. The minimum atomic E-state index is 0.707. The van der Waals surface area contributed by atoms with Gasteiger partial charge >= 0.3 is 0 Å². The molecule has 1 fully saturated rings. The number of hydrogen-bond donors (Lipinski definition) is 1. The van der Waals surface area contributed by atoms with Crippen molar-refractivity contribution in [3.8, 4) is 0 Å². The Balaban J connectivity index is 2.24. The maximum atomic E-state index is 5.42. The van der Waals surface area contributed by atoms with Gasteiger partial charge in [0.05, 0.1) is 0 Å². The van der Waals surface area contributed by atoms with Gasteiger partial charge in [0.1, 0.15) is 0 Å². The highest BCUT2D eigenvalue weighted by Crippen LogP contribution is 2.08. The van der Waals surface area contributed by atoms with Crippen molar-refractivity contribution in [3.63, 3.8) is 0 Å². The molecule has 1 saturated heterocycles. The average Bonchev–Trinajstić information content (AvgIpc) is 2.38. The molecule has 1 unspecified atom stereocenters. The maximum absolute atomic E-state index is 5.42. The second-order valence-corrected chi connectivity index (χ2v) is 5.25. The van der Waals surface area contributed by atoms with Crippen LogP contribution in [0.25, 0.3) is 0 Å². The number of unbranched alkanes of at least 4 members (excludes halogenated alkanes) is 1. The molecule has 100 valence electrons. The largest absolute Gasteiger partial charge is 0.363 e. The maximum Gasteiger partial charge on any atom is 0.169 e. The van der Waals surface area contributed by atoms with Gasteiger partial charge in [-0.3, -0.25) is 4.90 Å². The zero-order valence-electron chi connectivity index (χ0n) is 11.5. The van der Waals surface area contributed by atoms with Crippen molar-refractivity contribution in [2.45, 2.75) is 46.1 Å². The van der Waals surface area contributed by atoms with Gasteiger partial charge in [0, 0.05) is 38.8 Å². The average molecular weight is 257 g/mol. The predicted octanol–water partition coefficient (Wildman–Crippen LogP) is 2.08. The van der Waals surface area contributed by atoms with E-state index >= 15 is 0 Å². The predicted molar refractivity (Wildman–Crippen MR) is 78.4 cm³/mol. The van der Waals surface area contributed by atoms with Gasteiger partial charge in [-0.25, -0.2) is 0 Å². The first-order valence-electron chi connectivity index (χ1n) is 6.95. The van der Waals surface area contributed by atoms with Crippen LogP contribution in [-0.4, -0.2) is 53.7 Å². The van der Waals surface area contributed by atoms with E-state index in [0.717, 1.165) is 37.8 Å². The molecule has 1 aliphatic rings. The molecular formula is C13H27N3S. The number of nitrogens with one attached hydrogen (secondary N) is 1. The number of piperazine rings is 1. The molecule has 0 aliphatic carbocycles. The molecule has 0 aromatic rings. The van der Waals surface area contributed by atoms with Crippen LogP contribution in [0.2, 0.25) is 0 Å². The molecule has 3 nitrogen and oxygen atoms in total. The van der Waals surface area contributed by atoms with E-state index in [1.807, 2.05) is 0 Å². The van der Waals surface area contributed by atoms with Crippen LogP contribution < -0.4 is 5.32 Å². The Hall–Kier alpha value is -0.350. The van der Waals surface area contributed by atoms with Crippen molar-refractivity contribution in [1.82, 2.24) is 15.1 Å². The second-order valence-electron chi connectivity index (χ2n) is 4.87. The van der Waals surface area contributed by atoms with Crippen LogP contribution in [0.15, 0.2) is 0 Å². The quantitative estimate of drug-likeness (QED) is 0.600. The molecule has 17 heavy (non-hydrogen) atoms. The van der Waals surface area contributed by atoms with Crippen LogP contribution in [0, 0.1) is 0 Å². The van der Waals surface area contributed by atoms with Crippen molar-refractivity contribution in [1.29, 1.82) is 0 Å². The van der Waals surface area contributed by atoms with Gasteiger partial charge in [0.15, 0.2) is 5.11 Å². The molecule has 1 rings (SSSR count). The monoisotopic (exact) mass is 257 g/mol. The zero-order valence-corrected chi connectivity index (χ0v) is 12.4. The molecule has 4 heteroatoms. The van der Waals surface area contributed by atoms with Crippen LogP contribution in [0.1, 0.15) is 40.0 Å². The minimum Gasteiger partial charge on any atom is -0.363 e. The smallest absolute Gasteiger partial charge is 0.169 e. The molecule has 1 heterocycles. The fraction of sp³-hybridized carbons (Fsp3) is 0.923. The summed E-state index contributed by atoms with van der Waals surface area (Å²) in [7, 11) is 0. The molecule has 0 amide bonds. The fourth-order valence-corrected chi connectivity index (χ4v) is 2.39. The fourth-order valence-electron chi connectivity index (χ4n) is 2.11. The van der Waals surface area contributed by atoms with Gasteiger partial charge in [0.2, 0.25) is 0 Å². The molecule has 0 radical (unpaired) electrons. The summed E-state index contributed by atoms with van der Waals surface area (Å²) < 4.78 is 0. The Labute approximate surface area is 112 Å². The van der Waals surface area contributed by atoms with E-state index in [0.29, 0.717) is 6.04 Å². The van der Waals surface area contributed by atoms with Gasteiger partial charge < -0.3 is 10.2 Å². The van der Waals surface area contributed by atoms with E-state index in [2.05, 4.69) is 35.9 Å². The highest BCUT2D eigenvalue weighted by atomic mass is 32.1. The summed E-state index contributed by atoms with van der Waals surface area (Å²) in [5.74, 6) is 0. The van der Waals surface area contributed by atoms with E-state index in [4.69, 9.17) is 12.2 Å². The molecule has 0 aromatic heterocycles. The Bertz CT molecular complexity index is 225. The topological polar surface area (TPSA) is 18.5 Å². The van der Waals surface area contributed by atoms with E-state index in [-0.39, 0.29) is 0 Å².